The number of hydrogen-bond donors (Lipinski definition) is 3. The molecule has 0 saturated carbocycles. The maximum atomic E-state index is 11.3. The maximum absolute atomic E-state index is 11.3. The van der Waals surface area contributed by atoms with Crippen molar-refractivity contribution in [3.8, 4) is 0 Å². The number of fused-ring (bicyclic) bond motifs is 1. The molecule has 0 aliphatic carbocycles. The Hall–Kier alpha value is -1.68. The summed E-state index contributed by atoms with van der Waals surface area (Å²) in [5, 5.41) is 0.270. The van der Waals surface area contributed by atoms with Gasteiger partial charge in [0.2, 0.25) is 0 Å². The molecule has 2 aromatic carbocycles. The van der Waals surface area contributed by atoms with Gasteiger partial charge in [-0.2, -0.15) is 16.8 Å². The van der Waals surface area contributed by atoms with E-state index in [4.69, 9.17) is 14.8 Å². The molecule has 0 heterocycles. The van der Waals surface area contributed by atoms with Gasteiger partial charge >= 0.3 is 0 Å². The standard InChI is InChI=1S/C10H9NO6S2/c11-9-4-2-6-1-3-7(18(12,13)14)5-8(6)10(9)19(15,16)17/h1-5H,11H2,(H,12,13,14)(H,15,16,17). The van der Waals surface area contributed by atoms with E-state index in [1.165, 1.54) is 18.2 Å². The van der Waals surface area contributed by atoms with Crippen LogP contribution in [-0.2, 0) is 20.2 Å². The molecule has 0 aromatic heterocycles. The fourth-order valence-electron chi connectivity index (χ4n) is 1.74. The van der Waals surface area contributed by atoms with Crippen LogP contribution in [0.15, 0.2) is 40.1 Å². The molecule has 0 unspecified atom stereocenters. The Morgan fingerprint density at radius 2 is 1.47 bits per heavy atom. The second-order valence-electron chi connectivity index (χ2n) is 3.82. The molecule has 0 aliphatic rings. The molecular formula is C10H9NO6S2. The highest BCUT2D eigenvalue weighted by Crippen LogP contribution is 2.30. The smallest absolute Gasteiger partial charge is 0.297 e. The van der Waals surface area contributed by atoms with E-state index >= 15 is 0 Å². The number of anilines is 1. The van der Waals surface area contributed by atoms with E-state index in [1.54, 1.807) is 0 Å². The van der Waals surface area contributed by atoms with Crippen LogP contribution in [0.2, 0.25) is 0 Å². The van der Waals surface area contributed by atoms with Crippen molar-refractivity contribution in [2.75, 3.05) is 5.73 Å². The van der Waals surface area contributed by atoms with Gasteiger partial charge in [0.05, 0.1) is 10.6 Å². The summed E-state index contributed by atoms with van der Waals surface area (Å²) in [6, 6.07) is 6.09. The van der Waals surface area contributed by atoms with Gasteiger partial charge in [0.25, 0.3) is 20.2 Å². The number of rotatable bonds is 2. The highest BCUT2D eigenvalue weighted by atomic mass is 32.2. The summed E-state index contributed by atoms with van der Waals surface area (Å²) in [5.74, 6) is 0. The molecule has 4 N–H and O–H groups in total. The molecule has 7 nitrogen and oxygen atoms in total. The number of benzene rings is 2. The average molecular weight is 303 g/mol. The molecule has 0 fully saturated rings. The third-order valence-corrected chi connectivity index (χ3v) is 4.35. The van der Waals surface area contributed by atoms with Crippen LogP contribution in [0.3, 0.4) is 0 Å². The van der Waals surface area contributed by atoms with E-state index < -0.39 is 30.0 Å². The second kappa shape index (κ2) is 4.17. The lowest BCUT2D eigenvalue weighted by Gasteiger charge is -2.08. The Balaban J connectivity index is 2.99. The van der Waals surface area contributed by atoms with Gasteiger partial charge in [-0.05, 0) is 23.6 Å². The van der Waals surface area contributed by atoms with Crippen molar-refractivity contribution in [2.24, 2.45) is 0 Å². The minimum Gasteiger partial charge on any atom is -0.398 e. The van der Waals surface area contributed by atoms with Crippen molar-refractivity contribution in [2.45, 2.75) is 9.79 Å². The van der Waals surface area contributed by atoms with Crippen molar-refractivity contribution in [1.29, 1.82) is 0 Å². The van der Waals surface area contributed by atoms with Crippen LogP contribution in [0, 0.1) is 0 Å². The molecule has 9 heteroatoms. The van der Waals surface area contributed by atoms with Crippen LogP contribution in [0.1, 0.15) is 0 Å². The summed E-state index contributed by atoms with van der Waals surface area (Å²) in [6.45, 7) is 0. The predicted molar refractivity (Wildman–Crippen MR) is 68.0 cm³/mol. The van der Waals surface area contributed by atoms with Gasteiger partial charge < -0.3 is 5.73 Å². The van der Waals surface area contributed by atoms with E-state index in [-0.39, 0.29) is 11.1 Å². The van der Waals surface area contributed by atoms with Crippen molar-refractivity contribution in [1.82, 2.24) is 0 Å². The van der Waals surface area contributed by atoms with Crippen LogP contribution in [-0.4, -0.2) is 25.9 Å². The highest BCUT2D eigenvalue weighted by molar-refractivity contribution is 7.86. The molecule has 0 amide bonds. The van der Waals surface area contributed by atoms with Gasteiger partial charge in [0.1, 0.15) is 4.90 Å². The normalized spacial score (nSPS) is 12.7. The zero-order chi connectivity index (χ0) is 14.4. The van der Waals surface area contributed by atoms with Crippen LogP contribution < -0.4 is 5.73 Å². The largest absolute Gasteiger partial charge is 0.398 e. The first kappa shape index (κ1) is 13.7. The first-order valence-electron chi connectivity index (χ1n) is 4.88. The lowest BCUT2D eigenvalue weighted by atomic mass is 10.1. The van der Waals surface area contributed by atoms with Crippen LogP contribution >= 0.6 is 0 Å². The topological polar surface area (TPSA) is 135 Å². The van der Waals surface area contributed by atoms with Gasteiger partial charge in [-0.3, -0.25) is 9.11 Å². The predicted octanol–water partition coefficient (Wildman–Crippen LogP) is 0.915. The molecule has 0 atom stereocenters. The third-order valence-electron chi connectivity index (χ3n) is 2.53. The third kappa shape index (κ3) is 2.54. The molecule has 19 heavy (non-hydrogen) atoms. The molecule has 2 rings (SSSR count). The molecule has 0 spiro atoms. The van der Waals surface area contributed by atoms with Crippen molar-refractivity contribution in [3.63, 3.8) is 0 Å². The fraction of sp³-hybridized carbons (Fsp3) is 0. The Kier molecular flexibility index (Phi) is 3.01. The van der Waals surface area contributed by atoms with Gasteiger partial charge in [-0.1, -0.05) is 12.1 Å². The summed E-state index contributed by atoms with van der Waals surface area (Å²) >= 11 is 0. The Morgan fingerprint density at radius 1 is 0.895 bits per heavy atom. The molecule has 102 valence electrons. The summed E-state index contributed by atoms with van der Waals surface area (Å²) in [7, 11) is -9.11. The average Bonchev–Trinajstić information content (AvgIpc) is 2.24. The highest BCUT2D eigenvalue weighted by Gasteiger charge is 2.20. The summed E-state index contributed by atoms with van der Waals surface area (Å²) in [6.07, 6.45) is 0. The molecule has 0 bridgehead atoms. The van der Waals surface area contributed by atoms with Gasteiger partial charge in [0, 0.05) is 5.39 Å². The van der Waals surface area contributed by atoms with Crippen molar-refractivity contribution < 1.29 is 25.9 Å². The first-order chi connectivity index (χ1) is 8.60. The van der Waals surface area contributed by atoms with Gasteiger partial charge in [-0.25, -0.2) is 0 Å². The SMILES string of the molecule is Nc1ccc2ccc(S(=O)(=O)O)cc2c1S(=O)(=O)O. The van der Waals surface area contributed by atoms with E-state index in [1.807, 2.05) is 0 Å². The lowest BCUT2D eigenvalue weighted by molar-refractivity contribution is 0.480. The Morgan fingerprint density at radius 3 is 2.00 bits per heavy atom. The summed E-state index contributed by atoms with van der Waals surface area (Å²) in [5.41, 5.74) is 5.26. The second-order valence-corrected chi connectivity index (χ2v) is 6.60. The number of nitrogens with two attached hydrogens (primary N) is 1. The zero-order valence-electron chi connectivity index (χ0n) is 9.31. The molecule has 0 aliphatic heterocycles. The van der Waals surface area contributed by atoms with Crippen LogP contribution in [0.25, 0.3) is 10.8 Å². The number of nitrogen functional groups attached to an aromatic ring is 1. The summed E-state index contributed by atoms with van der Waals surface area (Å²) < 4.78 is 62.7. The van der Waals surface area contributed by atoms with E-state index in [2.05, 4.69) is 0 Å². The first-order valence-corrected chi connectivity index (χ1v) is 7.76. The molecule has 0 radical (unpaired) electrons. The number of hydrogen-bond acceptors (Lipinski definition) is 5. The van der Waals surface area contributed by atoms with E-state index in [0.717, 1.165) is 12.1 Å². The van der Waals surface area contributed by atoms with Crippen LogP contribution in [0.5, 0.6) is 0 Å². The van der Waals surface area contributed by atoms with E-state index in [9.17, 15) is 16.8 Å². The van der Waals surface area contributed by atoms with Gasteiger partial charge in [-0.15, -0.1) is 0 Å². The van der Waals surface area contributed by atoms with Gasteiger partial charge in [0.15, 0.2) is 0 Å². The van der Waals surface area contributed by atoms with E-state index in [0.29, 0.717) is 5.39 Å². The Bertz CT molecular complexity index is 870. The molecular weight excluding hydrogens is 294 g/mol. The fourth-order valence-corrected chi connectivity index (χ4v) is 3.06. The monoisotopic (exact) mass is 303 g/mol. The minimum absolute atomic E-state index is 0.0855. The van der Waals surface area contributed by atoms with Crippen molar-refractivity contribution >= 4 is 36.7 Å². The lowest BCUT2D eigenvalue weighted by Crippen LogP contribution is -2.05. The quantitative estimate of drug-likeness (QED) is 0.554. The molecule has 2 aromatic rings. The summed E-state index contributed by atoms with van der Waals surface area (Å²) in [4.78, 5) is -1.08. The van der Waals surface area contributed by atoms with Crippen molar-refractivity contribution in [3.05, 3.63) is 30.3 Å². The maximum Gasteiger partial charge on any atom is 0.297 e. The van der Waals surface area contributed by atoms with Crippen LogP contribution in [0.4, 0.5) is 5.69 Å². The Labute approximate surface area is 109 Å². The molecule has 0 saturated heterocycles. The zero-order valence-corrected chi connectivity index (χ0v) is 10.9. The minimum atomic E-state index is -4.62.